The van der Waals surface area contributed by atoms with Crippen molar-refractivity contribution in [3.05, 3.63) is 59.3 Å². The minimum atomic E-state index is -3.58. The predicted octanol–water partition coefficient (Wildman–Crippen LogP) is 4.35. The second-order valence-corrected chi connectivity index (χ2v) is 18.1. The summed E-state index contributed by atoms with van der Waals surface area (Å²) in [6.45, 7) is 4.06. The van der Waals surface area contributed by atoms with Crippen LogP contribution in [-0.2, 0) is 14.4 Å². The number of ether oxygens (including phenoxy) is 1. The van der Waals surface area contributed by atoms with E-state index in [0.717, 1.165) is 93.9 Å². The molecular weight excluding hydrogens is 843 g/mol. The number of alkyl halides is 2. The Kier molecular flexibility index (Phi) is 12.2. The molecule has 3 N–H and O–H groups in total. The molecule has 3 saturated heterocycles. The largest absolute Gasteiger partial charge is 0.495 e. The van der Waals surface area contributed by atoms with E-state index in [9.17, 15) is 28.8 Å². The number of rotatable bonds is 12. The molecule has 6 amide bonds. The third kappa shape index (κ3) is 8.69. The molecule has 6 heterocycles. The molecule has 6 aliphatic rings. The molecule has 1 aromatic heterocycles. The van der Waals surface area contributed by atoms with Crippen LogP contribution < -0.4 is 35.4 Å². The Morgan fingerprint density at radius 3 is 2.46 bits per heavy atom. The van der Waals surface area contributed by atoms with Gasteiger partial charge in [-0.3, -0.25) is 39.0 Å². The standard InChI is InChI=1S/C46H54F2N10O7/c1-54-35-24-50-45(53-39(35)57(30-6-3-4-7-30)26-46(47,48)44(54)64)51-32-11-10-29(22-36(32)65-2)40(60)49-23-27-14-18-55(19-15-27)20-16-28-17-21-56(25-28)33-9-5-8-31-38(33)43(63)58(42(31)62)34-12-13-37(59)52-41(34)61/h5,8-11,22,24,27-28,30,34H,3-4,6-7,12-21,23,25-26H2,1-2H3,(H,49,60)(H,50,51,53)(H,52,59,61). The number of methoxy groups -OCH3 is 1. The number of likely N-dealkylation sites (tertiary alicyclic amines) is 1. The van der Waals surface area contributed by atoms with Crippen LogP contribution in [0.25, 0.3) is 0 Å². The average molecular weight is 897 g/mol. The van der Waals surface area contributed by atoms with Gasteiger partial charge in [0.1, 0.15) is 17.5 Å². The third-order valence-electron chi connectivity index (χ3n) is 14.0. The molecule has 4 fully saturated rings. The molecule has 1 aliphatic carbocycles. The van der Waals surface area contributed by atoms with Crippen molar-refractivity contribution in [2.45, 2.75) is 82.2 Å². The van der Waals surface area contributed by atoms with Gasteiger partial charge in [0.25, 0.3) is 23.6 Å². The van der Waals surface area contributed by atoms with Crippen molar-refractivity contribution in [1.29, 1.82) is 0 Å². The highest BCUT2D eigenvalue weighted by Gasteiger charge is 2.49. The first-order valence-electron chi connectivity index (χ1n) is 22.6. The van der Waals surface area contributed by atoms with Gasteiger partial charge in [-0.15, -0.1) is 0 Å². The molecule has 2 unspecified atom stereocenters. The van der Waals surface area contributed by atoms with E-state index in [1.165, 1.54) is 20.4 Å². The first-order chi connectivity index (χ1) is 31.3. The normalized spacial score (nSPS) is 22.9. The average Bonchev–Trinajstić information content (AvgIpc) is 4.07. The van der Waals surface area contributed by atoms with Crippen molar-refractivity contribution in [1.82, 2.24) is 30.4 Å². The molecular formula is C46H54F2N10O7. The number of halogens is 2. The summed E-state index contributed by atoms with van der Waals surface area (Å²) in [4.78, 5) is 94.4. The molecule has 0 bridgehead atoms. The second-order valence-electron chi connectivity index (χ2n) is 18.1. The van der Waals surface area contributed by atoms with Crippen LogP contribution in [0.4, 0.5) is 37.6 Å². The van der Waals surface area contributed by atoms with Crippen LogP contribution in [0.2, 0.25) is 0 Å². The maximum atomic E-state index is 15.1. The number of nitrogens with zero attached hydrogens (tertiary/aromatic N) is 7. The van der Waals surface area contributed by atoms with Crippen LogP contribution in [0, 0.1) is 11.8 Å². The van der Waals surface area contributed by atoms with Crippen molar-refractivity contribution >= 4 is 64.3 Å². The van der Waals surface area contributed by atoms with Gasteiger partial charge in [-0.2, -0.15) is 13.8 Å². The smallest absolute Gasteiger partial charge is 0.342 e. The van der Waals surface area contributed by atoms with E-state index in [-0.39, 0.29) is 42.2 Å². The highest BCUT2D eigenvalue weighted by atomic mass is 19.3. The first-order valence-corrected chi connectivity index (χ1v) is 22.6. The van der Waals surface area contributed by atoms with Gasteiger partial charge in [0.05, 0.1) is 42.4 Å². The highest BCUT2D eigenvalue weighted by Crippen LogP contribution is 2.41. The summed E-state index contributed by atoms with van der Waals surface area (Å²) in [6.07, 6.45) is 8.68. The zero-order valence-corrected chi connectivity index (χ0v) is 36.6. The van der Waals surface area contributed by atoms with Gasteiger partial charge in [-0.1, -0.05) is 18.9 Å². The molecule has 17 nitrogen and oxygen atoms in total. The van der Waals surface area contributed by atoms with E-state index in [0.29, 0.717) is 52.2 Å². The van der Waals surface area contributed by atoms with E-state index in [1.54, 1.807) is 35.2 Å². The third-order valence-corrected chi connectivity index (χ3v) is 14.0. The lowest BCUT2D eigenvalue weighted by molar-refractivity contribution is -0.140. The number of fused-ring (bicyclic) bond motifs is 2. The predicted molar refractivity (Wildman–Crippen MR) is 236 cm³/mol. The van der Waals surface area contributed by atoms with Gasteiger partial charge in [-0.05, 0) is 107 Å². The van der Waals surface area contributed by atoms with E-state index in [4.69, 9.17) is 4.74 Å². The summed E-state index contributed by atoms with van der Waals surface area (Å²) in [7, 11) is 2.80. The van der Waals surface area contributed by atoms with Gasteiger partial charge >= 0.3 is 5.92 Å². The number of piperidine rings is 2. The number of imide groups is 2. The lowest BCUT2D eigenvalue weighted by atomic mass is 9.95. The van der Waals surface area contributed by atoms with Crippen molar-refractivity contribution in [3.63, 3.8) is 0 Å². The summed E-state index contributed by atoms with van der Waals surface area (Å²) in [5, 5.41) is 8.47. The molecule has 2 atom stereocenters. The van der Waals surface area contributed by atoms with Crippen LogP contribution in [0.1, 0.15) is 95.3 Å². The molecule has 5 aliphatic heterocycles. The topological polar surface area (TPSA) is 190 Å². The summed E-state index contributed by atoms with van der Waals surface area (Å²) in [5.41, 5.74) is 2.43. The Morgan fingerprint density at radius 1 is 0.938 bits per heavy atom. The van der Waals surface area contributed by atoms with Gasteiger partial charge in [0.15, 0.2) is 5.82 Å². The van der Waals surface area contributed by atoms with E-state index in [2.05, 4.69) is 35.7 Å². The molecule has 3 aromatic rings. The SMILES string of the molecule is COc1cc(C(=O)NCC2CCN(CCC3CCN(c4cccc5c4C(=O)N(C4CCC(=O)NC4=O)C5=O)C3)CC2)ccc1Nc1ncc2c(n1)N(C1CCCC1)CC(F)(F)C(=O)N2C. The Morgan fingerprint density at radius 2 is 1.71 bits per heavy atom. The minimum Gasteiger partial charge on any atom is -0.495 e. The van der Waals surface area contributed by atoms with Crippen molar-refractivity contribution in [2.24, 2.45) is 11.8 Å². The van der Waals surface area contributed by atoms with Crippen LogP contribution in [0.5, 0.6) is 5.75 Å². The summed E-state index contributed by atoms with van der Waals surface area (Å²) in [5.74, 6) is -5.63. The monoisotopic (exact) mass is 896 g/mol. The summed E-state index contributed by atoms with van der Waals surface area (Å²) >= 11 is 0. The van der Waals surface area contributed by atoms with Crippen LogP contribution in [0.3, 0.4) is 0 Å². The number of benzene rings is 2. The summed E-state index contributed by atoms with van der Waals surface area (Å²) < 4.78 is 35.7. The van der Waals surface area contributed by atoms with Gasteiger partial charge in [-0.25, -0.2) is 4.98 Å². The van der Waals surface area contributed by atoms with E-state index in [1.807, 2.05) is 6.07 Å². The minimum absolute atomic E-state index is 0.0725. The molecule has 0 spiro atoms. The quantitative estimate of drug-likeness (QED) is 0.218. The highest BCUT2D eigenvalue weighted by molar-refractivity contribution is 6.25. The van der Waals surface area contributed by atoms with E-state index < -0.39 is 48.0 Å². The maximum absolute atomic E-state index is 15.1. The molecule has 19 heteroatoms. The van der Waals surface area contributed by atoms with Gasteiger partial charge in [0.2, 0.25) is 17.8 Å². The van der Waals surface area contributed by atoms with Gasteiger partial charge < -0.3 is 35.0 Å². The van der Waals surface area contributed by atoms with Crippen LogP contribution in [0.15, 0.2) is 42.6 Å². The first kappa shape index (κ1) is 44.0. The number of aromatic nitrogens is 2. The fourth-order valence-corrected chi connectivity index (χ4v) is 10.3. The number of hydrogen-bond acceptors (Lipinski definition) is 13. The van der Waals surface area contributed by atoms with Crippen molar-refractivity contribution in [2.75, 3.05) is 80.0 Å². The second kappa shape index (κ2) is 18.0. The Hall–Kier alpha value is -6.24. The summed E-state index contributed by atoms with van der Waals surface area (Å²) in [6, 6.07) is 9.09. The number of carbonyl (C=O) groups excluding carboxylic acids is 6. The van der Waals surface area contributed by atoms with Gasteiger partial charge in [0, 0.05) is 44.7 Å². The number of carbonyl (C=O) groups is 6. The molecule has 2 aromatic carbocycles. The van der Waals surface area contributed by atoms with Crippen LogP contribution in [-0.4, -0.2) is 133 Å². The van der Waals surface area contributed by atoms with Crippen LogP contribution >= 0.6 is 0 Å². The van der Waals surface area contributed by atoms with Crippen molar-refractivity contribution in [3.8, 4) is 5.75 Å². The number of anilines is 5. The van der Waals surface area contributed by atoms with Crippen molar-refractivity contribution < 1.29 is 42.3 Å². The fraction of sp³-hybridized carbons (Fsp3) is 0.522. The lowest BCUT2D eigenvalue weighted by Gasteiger charge is -2.32. The zero-order chi connectivity index (χ0) is 45.6. The molecule has 1 saturated carbocycles. The fourth-order valence-electron chi connectivity index (χ4n) is 10.3. The number of nitrogens with one attached hydrogen (secondary N) is 3. The maximum Gasteiger partial charge on any atom is 0.342 e. The molecule has 65 heavy (non-hydrogen) atoms. The zero-order valence-electron chi connectivity index (χ0n) is 36.6. The molecule has 0 radical (unpaired) electrons. The number of amides is 6. The molecule has 9 rings (SSSR count). The number of hydrogen-bond donors (Lipinski definition) is 3. The lowest BCUT2D eigenvalue weighted by Crippen LogP contribution is -2.54. The Balaban J connectivity index is 0.747. The molecule has 344 valence electrons. The Labute approximate surface area is 375 Å². The van der Waals surface area contributed by atoms with E-state index >= 15 is 8.78 Å². The Bertz CT molecular complexity index is 2400.